The number of halogens is 2. The van der Waals surface area contributed by atoms with E-state index in [0.29, 0.717) is 16.9 Å². The van der Waals surface area contributed by atoms with Crippen LogP contribution in [0.3, 0.4) is 0 Å². The monoisotopic (exact) mass is 339 g/mol. The van der Waals surface area contributed by atoms with Gasteiger partial charge >= 0.3 is 0 Å². The largest absolute Gasteiger partial charge is 0.306 e. The lowest BCUT2D eigenvalue weighted by Crippen LogP contribution is -2.30. The molecule has 0 bridgehead atoms. The maximum absolute atomic E-state index is 14.4. The fourth-order valence-corrected chi connectivity index (χ4v) is 3.46. The summed E-state index contributed by atoms with van der Waals surface area (Å²) in [6.07, 6.45) is 1.90. The predicted octanol–water partition coefficient (Wildman–Crippen LogP) is 4.38. The number of fused-ring (bicyclic) bond motifs is 1. The van der Waals surface area contributed by atoms with Crippen molar-refractivity contribution >= 4 is 10.9 Å². The fraction of sp³-hybridized carbons (Fsp3) is 0.300. The molecule has 0 unspecified atom stereocenters. The Hall–Kier alpha value is -2.40. The molecule has 4 rings (SSSR count). The molecule has 128 valence electrons. The fourth-order valence-electron chi connectivity index (χ4n) is 3.46. The summed E-state index contributed by atoms with van der Waals surface area (Å²) >= 11 is 0. The van der Waals surface area contributed by atoms with Gasteiger partial charge in [0.1, 0.15) is 17.5 Å². The van der Waals surface area contributed by atoms with Crippen LogP contribution in [0, 0.1) is 11.6 Å². The number of nitrogens with zero attached hydrogens (tertiary/aromatic N) is 3. The molecule has 0 aliphatic carbocycles. The Morgan fingerprint density at radius 3 is 2.32 bits per heavy atom. The second kappa shape index (κ2) is 6.48. The van der Waals surface area contributed by atoms with Crippen LogP contribution in [0.5, 0.6) is 0 Å². The third-order valence-corrected chi connectivity index (χ3v) is 4.90. The van der Waals surface area contributed by atoms with Crippen LogP contribution < -0.4 is 0 Å². The smallest absolute Gasteiger partial charge is 0.135 e. The zero-order valence-electron chi connectivity index (χ0n) is 14.0. The summed E-state index contributed by atoms with van der Waals surface area (Å²) in [5.74, 6) is -0.296. The molecule has 2 aromatic carbocycles. The first-order valence-corrected chi connectivity index (χ1v) is 8.53. The summed E-state index contributed by atoms with van der Waals surface area (Å²) in [6.45, 7) is 1.95. The topological polar surface area (TPSA) is 29.0 Å². The molecular weight excluding hydrogens is 320 g/mol. The molecule has 0 N–H and O–H groups in total. The number of piperidine rings is 1. The van der Waals surface area contributed by atoms with E-state index in [4.69, 9.17) is 4.98 Å². The Kier molecular flexibility index (Phi) is 4.17. The van der Waals surface area contributed by atoms with E-state index >= 15 is 0 Å². The van der Waals surface area contributed by atoms with Crippen LogP contribution in [-0.4, -0.2) is 35.0 Å². The molecule has 2 heterocycles. The molecule has 0 spiro atoms. The van der Waals surface area contributed by atoms with Gasteiger partial charge in [-0.05, 0) is 51.2 Å². The first-order chi connectivity index (χ1) is 12.1. The molecule has 1 aliphatic rings. The van der Waals surface area contributed by atoms with Crippen molar-refractivity contribution in [3.63, 3.8) is 0 Å². The lowest BCUT2D eigenvalue weighted by atomic mass is 9.95. The Balaban J connectivity index is 1.91. The lowest BCUT2D eigenvalue weighted by Gasteiger charge is -2.28. The molecule has 3 nitrogen and oxygen atoms in total. The molecule has 25 heavy (non-hydrogen) atoms. The van der Waals surface area contributed by atoms with E-state index in [0.717, 1.165) is 31.4 Å². The quantitative estimate of drug-likeness (QED) is 0.694. The number of likely N-dealkylation sites (tertiary alicyclic amines) is 1. The van der Waals surface area contributed by atoms with Gasteiger partial charge in [-0.2, -0.15) is 0 Å². The molecule has 0 saturated carbocycles. The van der Waals surface area contributed by atoms with Gasteiger partial charge in [-0.25, -0.2) is 18.7 Å². The van der Waals surface area contributed by atoms with Crippen LogP contribution in [0.1, 0.15) is 24.6 Å². The van der Waals surface area contributed by atoms with Gasteiger partial charge in [-0.1, -0.05) is 24.3 Å². The summed E-state index contributed by atoms with van der Waals surface area (Å²) in [7, 11) is 2.09. The van der Waals surface area contributed by atoms with Crippen molar-refractivity contribution < 1.29 is 8.78 Å². The summed E-state index contributed by atoms with van der Waals surface area (Å²) in [4.78, 5) is 11.6. The van der Waals surface area contributed by atoms with E-state index < -0.39 is 11.6 Å². The summed E-state index contributed by atoms with van der Waals surface area (Å²) in [6, 6.07) is 11.3. The van der Waals surface area contributed by atoms with Crippen LogP contribution in [-0.2, 0) is 0 Å². The van der Waals surface area contributed by atoms with Gasteiger partial charge < -0.3 is 4.90 Å². The van der Waals surface area contributed by atoms with Gasteiger partial charge in [0, 0.05) is 11.3 Å². The average molecular weight is 339 g/mol. The van der Waals surface area contributed by atoms with Crippen LogP contribution in [0.4, 0.5) is 8.78 Å². The molecule has 0 amide bonds. The standard InChI is InChI=1S/C20H19F2N3/c1-25-11-9-13(10-12-25)20-23-17-8-3-2-5-14(17)19(24-20)18-15(21)6-4-7-16(18)22/h2-8,13H,9-12H2,1H3. The van der Waals surface area contributed by atoms with Crippen molar-refractivity contribution in [1.29, 1.82) is 0 Å². The molecule has 1 saturated heterocycles. The Morgan fingerprint density at radius 2 is 1.60 bits per heavy atom. The first kappa shape index (κ1) is 16.1. The minimum absolute atomic E-state index is 0.0738. The van der Waals surface area contributed by atoms with E-state index in [9.17, 15) is 8.78 Å². The third-order valence-electron chi connectivity index (χ3n) is 4.90. The van der Waals surface area contributed by atoms with E-state index in [2.05, 4.69) is 16.9 Å². The highest BCUT2D eigenvalue weighted by molar-refractivity contribution is 5.92. The predicted molar refractivity (Wildman–Crippen MR) is 94.4 cm³/mol. The second-order valence-electron chi connectivity index (χ2n) is 6.62. The number of rotatable bonds is 2. The van der Waals surface area contributed by atoms with E-state index in [1.54, 1.807) is 0 Å². The highest BCUT2D eigenvalue weighted by Gasteiger charge is 2.24. The summed E-state index contributed by atoms with van der Waals surface area (Å²) in [5.41, 5.74) is 0.995. The van der Waals surface area contributed by atoms with Crippen molar-refractivity contribution in [3.05, 3.63) is 59.9 Å². The van der Waals surface area contributed by atoms with Gasteiger partial charge in [0.25, 0.3) is 0 Å². The maximum atomic E-state index is 14.4. The lowest BCUT2D eigenvalue weighted by molar-refractivity contribution is 0.251. The van der Waals surface area contributed by atoms with Gasteiger partial charge in [-0.15, -0.1) is 0 Å². The molecule has 5 heteroatoms. The van der Waals surface area contributed by atoms with E-state index in [-0.39, 0.29) is 11.5 Å². The minimum atomic E-state index is -0.599. The zero-order valence-corrected chi connectivity index (χ0v) is 14.0. The third kappa shape index (κ3) is 3.00. The zero-order chi connectivity index (χ0) is 17.4. The van der Waals surface area contributed by atoms with Crippen molar-refractivity contribution in [3.8, 4) is 11.3 Å². The number of hydrogen-bond acceptors (Lipinski definition) is 3. The van der Waals surface area contributed by atoms with Crippen molar-refractivity contribution in [2.45, 2.75) is 18.8 Å². The summed E-state index contributed by atoms with van der Waals surface area (Å²) in [5, 5.41) is 0.670. The Bertz CT molecular complexity index is 898. The van der Waals surface area contributed by atoms with Crippen molar-refractivity contribution in [2.24, 2.45) is 0 Å². The Morgan fingerprint density at radius 1 is 0.920 bits per heavy atom. The number of benzene rings is 2. The van der Waals surface area contributed by atoms with Gasteiger partial charge in [0.2, 0.25) is 0 Å². The first-order valence-electron chi connectivity index (χ1n) is 8.53. The van der Waals surface area contributed by atoms with Gasteiger partial charge in [0.15, 0.2) is 0 Å². The highest BCUT2D eigenvalue weighted by Crippen LogP contribution is 2.33. The van der Waals surface area contributed by atoms with Crippen LogP contribution in [0.2, 0.25) is 0 Å². The number of aromatic nitrogens is 2. The molecule has 1 aromatic heterocycles. The van der Waals surface area contributed by atoms with E-state index in [1.807, 2.05) is 24.3 Å². The molecule has 1 aliphatic heterocycles. The van der Waals surface area contributed by atoms with Gasteiger partial charge in [-0.3, -0.25) is 0 Å². The molecule has 1 fully saturated rings. The maximum Gasteiger partial charge on any atom is 0.135 e. The number of hydrogen-bond donors (Lipinski definition) is 0. The molecule has 0 atom stereocenters. The van der Waals surface area contributed by atoms with Crippen LogP contribution in [0.15, 0.2) is 42.5 Å². The molecule has 3 aromatic rings. The normalized spacial score (nSPS) is 16.4. The number of para-hydroxylation sites is 1. The van der Waals surface area contributed by atoms with Crippen molar-refractivity contribution in [1.82, 2.24) is 14.9 Å². The minimum Gasteiger partial charge on any atom is -0.306 e. The second-order valence-corrected chi connectivity index (χ2v) is 6.62. The molecule has 0 radical (unpaired) electrons. The SMILES string of the molecule is CN1CCC(c2nc(-c3c(F)cccc3F)c3ccccc3n2)CC1. The van der Waals surface area contributed by atoms with E-state index in [1.165, 1.54) is 18.2 Å². The van der Waals surface area contributed by atoms with Crippen LogP contribution in [0.25, 0.3) is 22.2 Å². The summed E-state index contributed by atoms with van der Waals surface area (Å²) < 4.78 is 28.8. The van der Waals surface area contributed by atoms with Crippen molar-refractivity contribution in [2.75, 3.05) is 20.1 Å². The highest BCUT2D eigenvalue weighted by atomic mass is 19.1. The van der Waals surface area contributed by atoms with Gasteiger partial charge in [0.05, 0.1) is 16.8 Å². The van der Waals surface area contributed by atoms with Crippen LogP contribution >= 0.6 is 0 Å². The molecular formula is C20H19F2N3. The average Bonchev–Trinajstić information content (AvgIpc) is 2.62. The Labute approximate surface area is 145 Å².